The molecule has 0 saturated heterocycles. The molecule has 1 aromatic rings. The minimum absolute atomic E-state index is 0.00838. The lowest BCUT2D eigenvalue weighted by atomic mass is 10.1. The average Bonchev–Trinajstić information content (AvgIpc) is 2.37. The van der Waals surface area contributed by atoms with Crippen LogP contribution in [0.25, 0.3) is 0 Å². The van der Waals surface area contributed by atoms with Gasteiger partial charge in [-0.15, -0.1) is 0 Å². The molecule has 8 heteroatoms. The Morgan fingerprint density at radius 2 is 2.00 bits per heavy atom. The van der Waals surface area contributed by atoms with E-state index in [0.717, 1.165) is 11.0 Å². The molecule has 3 N–H and O–H groups in total. The van der Waals surface area contributed by atoms with Crippen molar-refractivity contribution in [3.8, 4) is 0 Å². The monoisotopic (exact) mass is 307 g/mol. The van der Waals surface area contributed by atoms with E-state index in [4.69, 9.17) is 5.84 Å². The molecule has 0 heterocycles. The molecule has 0 aliphatic heterocycles. The Hall–Kier alpha value is -1.67. The van der Waals surface area contributed by atoms with Crippen molar-refractivity contribution in [3.05, 3.63) is 35.1 Å². The Labute approximate surface area is 119 Å². The fourth-order valence-corrected chi connectivity index (χ4v) is 1.79. The summed E-state index contributed by atoms with van der Waals surface area (Å²) in [6.45, 7) is 1.76. The van der Waals surface area contributed by atoms with Crippen LogP contribution in [0, 0.1) is 5.82 Å². The van der Waals surface area contributed by atoms with E-state index in [2.05, 4.69) is 0 Å². The molecular formula is C13H17F4N3O. The van der Waals surface area contributed by atoms with Crippen molar-refractivity contribution >= 4 is 5.91 Å². The fourth-order valence-electron chi connectivity index (χ4n) is 1.79. The summed E-state index contributed by atoms with van der Waals surface area (Å²) >= 11 is 0. The standard InChI is InChI=1S/C13H17F4N3O/c1-8(2)20(7-13(15,16)17)6-10-5-9(12(21)19-18)3-4-11(10)14/h3-5,8H,6-7,18H2,1-2H3,(H,19,21). The summed E-state index contributed by atoms with van der Waals surface area (Å²) in [6, 6.07) is 3.01. The number of nitrogens with two attached hydrogens (primary N) is 1. The highest BCUT2D eigenvalue weighted by molar-refractivity contribution is 5.93. The van der Waals surface area contributed by atoms with E-state index in [1.165, 1.54) is 12.1 Å². The summed E-state index contributed by atoms with van der Waals surface area (Å²) in [5.41, 5.74) is 1.98. The van der Waals surface area contributed by atoms with E-state index >= 15 is 0 Å². The van der Waals surface area contributed by atoms with Crippen LogP contribution in [0.15, 0.2) is 18.2 Å². The number of nitrogens with zero attached hydrogens (tertiary/aromatic N) is 1. The van der Waals surface area contributed by atoms with Crippen molar-refractivity contribution in [3.63, 3.8) is 0 Å². The quantitative estimate of drug-likeness (QED) is 0.379. The van der Waals surface area contributed by atoms with E-state index in [0.29, 0.717) is 0 Å². The van der Waals surface area contributed by atoms with Crippen LogP contribution in [0.1, 0.15) is 29.8 Å². The number of hydrazine groups is 1. The zero-order valence-corrected chi connectivity index (χ0v) is 11.7. The second kappa shape index (κ2) is 6.86. The third-order valence-electron chi connectivity index (χ3n) is 2.93. The maximum Gasteiger partial charge on any atom is 0.401 e. The Balaban J connectivity index is 3.00. The van der Waals surface area contributed by atoms with Crippen LogP contribution in [0.2, 0.25) is 0 Å². The van der Waals surface area contributed by atoms with E-state index in [1.807, 2.05) is 5.43 Å². The van der Waals surface area contributed by atoms with Crippen LogP contribution in [-0.2, 0) is 6.54 Å². The molecule has 0 spiro atoms. The first-order chi connectivity index (χ1) is 9.64. The van der Waals surface area contributed by atoms with Crippen molar-refractivity contribution in [2.45, 2.75) is 32.6 Å². The molecule has 0 aliphatic carbocycles. The predicted molar refractivity (Wildman–Crippen MR) is 69.7 cm³/mol. The van der Waals surface area contributed by atoms with Crippen molar-refractivity contribution in [1.29, 1.82) is 0 Å². The number of halogens is 4. The normalized spacial score (nSPS) is 12.0. The van der Waals surface area contributed by atoms with Gasteiger partial charge >= 0.3 is 6.18 Å². The number of hydrogen-bond acceptors (Lipinski definition) is 3. The molecule has 0 bridgehead atoms. The maximum absolute atomic E-state index is 13.7. The number of nitrogen functional groups attached to an aromatic ring is 1. The van der Waals surface area contributed by atoms with Crippen LogP contribution in [0.3, 0.4) is 0 Å². The van der Waals surface area contributed by atoms with Crippen LogP contribution in [0.4, 0.5) is 17.6 Å². The van der Waals surface area contributed by atoms with E-state index in [9.17, 15) is 22.4 Å². The number of benzene rings is 1. The number of carbonyl (C=O) groups excluding carboxylic acids is 1. The Bertz CT molecular complexity index is 503. The summed E-state index contributed by atoms with van der Waals surface area (Å²) in [4.78, 5) is 12.4. The first kappa shape index (κ1) is 17.4. The van der Waals surface area contributed by atoms with Crippen LogP contribution in [-0.4, -0.2) is 29.6 Å². The molecule has 1 rings (SSSR count). The maximum atomic E-state index is 13.7. The summed E-state index contributed by atoms with van der Waals surface area (Å²) in [7, 11) is 0. The molecule has 0 unspecified atom stereocenters. The van der Waals surface area contributed by atoms with Crippen molar-refractivity contribution in [1.82, 2.24) is 10.3 Å². The van der Waals surface area contributed by atoms with Gasteiger partial charge in [-0.05, 0) is 32.0 Å². The van der Waals surface area contributed by atoms with Crippen molar-refractivity contribution in [2.24, 2.45) is 5.84 Å². The van der Waals surface area contributed by atoms with Gasteiger partial charge in [0.1, 0.15) is 5.82 Å². The molecule has 0 atom stereocenters. The van der Waals surface area contributed by atoms with Crippen LogP contribution < -0.4 is 11.3 Å². The molecule has 0 fully saturated rings. The van der Waals surface area contributed by atoms with Gasteiger partial charge in [-0.1, -0.05) is 0 Å². The molecule has 0 radical (unpaired) electrons. The molecule has 0 aliphatic rings. The SMILES string of the molecule is CC(C)N(Cc1cc(C(=O)NN)ccc1F)CC(F)(F)F. The molecular weight excluding hydrogens is 290 g/mol. The molecule has 0 aromatic heterocycles. The summed E-state index contributed by atoms with van der Waals surface area (Å²) in [5.74, 6) is 3.67. The first-order valence-electron chi connectivity index (χ1n) is 6.24. The lowest BCUT2D eigenvalue weighted by molar-refractivity contribution is -0.151. The highest BCUT2D eigenvalue weighted by Crippen LogP contribution is 2.21. The average molecular weight is 307 g/mol. The Morgan fingerprint density at radius 1 is 1.38 bits per heavy atom. The number of alkyl halides is 3. The molecule has 1 amide bonds. The van der Waals surface area contributed by atoms with Gasteiger partial charge in [0.15, 0.2) is 0 Å². The summed E-state index contributed by atoms with van der Waals surface area (Å²) < 4.78 is 51.3. The third kappa shape index (κ3) is 5.31. The van der Waals surface area contributed by atoms with E-state index in [-0.39, 0.29) is 17.7 Å². The number of nitrogens with one attached hydrogen (secondary N) is 1. The van der Waals surface area contributed by atoms with Gasteiger partial charge in [-0.2, -0.15) is 13.2 Å². The van der Waals surface area contributed by atoms with Crippen molar-refractivity contribution < 1.29 is 22.4 Å². The van der Waals surface area contributed by atoms with E-state index in [1.54, 1.807) is 13.8 Å². The lowest BCUT2D eigenvalue weighted by Gasteiger charge is -2.27. The Morgan fingerprint density at radius 3 is 2.48 bits per heavy atom. The van der Waals surface area contributed by atoms with E-state index < -0.39 is 30.5 Å². The highest BCUT2D eigenvalue weighted by atomic mass is 19.4. The first-order valence-corrected chi connectivity index (χ1v) is 6.24. The highest BCUT2D eigenvalue weighted by Gasteiger charge is 2.32. The van der Waals surface area contributed by atoms with Gasteiger partial charge in [0.25, 0.3) is 5.91 Å². The van der Waals surface area contributed by atoms with Gasteiger partial charge in [-0.25, -0.2) is 10.2 Å². The topological polar surface area (TPSA) is 58.4 Å². The minimum Gasteiger partial charge on any atom is -0.290 e. The lowest BCUT2D eigenvalue weighted by Crippen LogP contribution is -2.38. The zero-order chi connectivity index (χ0) is 16.2. The minimum atomic E-state index is -4.38. The van der Waals surface area contributed by atoms with Gasteiger partial charge in [-0.3, -0.25) is 15.1 Å². The number of amides is 1. The zero-order valence-electron chi connectivity index (χ0n) is 11.7. The fraction of sp³-hybridized carbons (Fsp3) is 0.462. The van der Waals surface area contributed by atoms with Gasteiger partial charge in [0.05, 0.1) is 6.54 Å². The number of hydrogen-bond donors (Lipinski definition) is 2. The van der Waals surface area contributed by atoms with Crippen molar-refractivity contribution in [2.75, 3.05) is 6.54 Å². The van der Waals surface area contributed by atoms with Gasteiger partial charge in [0, 0.05) is 23.7 Å². The largest absolute Gasteiger partial charge is 0.401 e. The molecule has 118 valence electrons. The molecule has 1 aromatic carbocycles. The Kier molecular flexibility index (Phi) is 5.68. The molecule has 0 saturated carbocycles. The number of rotatable bonds is 5. The predicted octanol–water partition coefficient (Wildman–Crippen LogP) is 2.20. The summed E-state index contributed by atoms with van der Waals surface area (Å²) in [6.07, 6.45) is -4.38. The van der Waals surface area contributed by atoms with Crippen LogP contribution >= 0.6 is 0 Å². The summed E-state index contributed by atoms with van der Waals surface area (Å²) in [5, 5.41) is 0. The third-order valence-corrected chi connectivity index (χ3v) is 2.93. The van der Waals surface area contributed by atoms with Gasteiger partial charge < -0.3 is 0 Å². The van der Waals surface area contributed by atoms with Crippen LogP contribution in [0.5, 0.6) is 0 Å². The second-order valence-electron chi connectivity index (χ2n) is 4.89. The van der Waals surface area contributed by atoms with Gasteiger partial charge in [0.2, 0.25) is 0 Å². The second-order valence-corrected chi connectivity index (χ2v) is 4.89. The number of carbonyl (C=O) groups is 1. The molecule has 21 heavy (non-hydrogen) atoms. The molecule has 4 nitrogen and oxygen atoms in total. The smallest absolute Gasteiger partial charge is 0.290 e.